The van der Waals surface area contributed by atoms with Gasteiger partial charge in [-0.2, -0.15) is 0 Å². The maximum Gasteiger partial charge on any atom is 0.261 e. The maximum absolute atomic E-state index is 12.6. The minimum atomic E-state index is -0.675. The van der Waals surface area contributed by atoms with Crippen LogP contribution in [0.5, 0.6) is 0 Å². The van der Waals surface area contributed by atoms with Crippen LogP contribution in [-0.2, 0) is 9.59 Å². The molecule has 144 valence electrons. The van der Waals surface area contributed by atoms with Gasteiger partial charge in [-0.3, -0.25) is 19.6 Å². The van der Waals surface area contributed by atoms with E-state index in [0.29, 0.717) is 36.2 Å². The fourth-order valence-corrected chi connectivity index (χ4v) is 3.15. The van der Waals surface area contributed by atoms with Crippen molar-refractivity contribution in [3.8, 4) is 0 Å². The number of rotatable bonds is 10. The van der Waals surface area contributed by atoms with Crippen LogP contribution in [0.1, 0.15) is 41.8 Å². The second kappa shape index (κ2) is 11.1. The SMILES string of the molecule is O=C(CCCCC[C@H](NC(=O)c1cccs1)C(=O)Nc1ccccc1)NO. The Morgan fingerprint density at radius 2 is 1.78 bits per heavy atom. The Hall–Kier alpha value is -2.71. The molecule has 27 heavy (non-hydrogen) atoms. The summed E-state index contributed by atoms with van der Waals surface area (Å²) in [4.78, 5) is 36.5. The molecule has 2 rings (SSSR count). The summed E-state index contributed by atoms with van der Waals surface area (Å²) in [6.45, 7) is 0. The Morgan fingerprint density at radius 1 is 1.00 bits per heavy atom. The summed E-state index contributed by atoms with van der Waals surface area (Å²) >= 11 is 1.31. The smallest absolute Gasteiger partial charge is 0.261 e. The Balaban J connectivity index is 1.91. The molecule has 8 heteroatoms. The highest BCUT2D eigenvalue weighted by Gasteiger charge is 2.21. The largest absolute Gasteiger partial charge is 0.340 e. The van der Waals surface area contributed by atoms with Crippen LogP contribution >= 0.6 is 11.3 Å². The molecule has 0 fully saturated rings. The van der Waals surface area contributed by atoms with Crippen molar-refractivity contribution in [1.29, 1.82) is 0 Å². The van der Waals surface area contributed by atoms with Crippen LogP contribution in [0.2, 0.25) is 0 Å². The Bertz CT molecular complexity index is 735. The van der Waals surface area contributed by atoms with E-state index in [1.54, 1.807) is 35.1 Å². The summed E-state index contributed by atoms with van der Waals surface area (Å²) in [7, 11) is 0. The Labute approximate surface area is 161 Å². The average Bonchev–Trinajstić information content (AvgIpc) is 3.22. The fourth-order valence-electron chi connectivity index (χ4n) is 2.52. The molecule has 0 aliphatic rings. The van der Waals surface area contributed by atoms with E-state index in [1.165, 1.54) is 11.3 Å². The first-order valence-electron chi connectivity index (χ1n) is 8.73. The van der Waals surface area contributed by atoms with Crippen LogP contribution in [0.3, 0.4) is 0 Å². The van der Waals surface area contributed by atoms with E-state index >= 15 is 0 Å². The number of para-hydroxylation sites is 1. The Kier molecular flexibility index (Phi) is 8.47. The lowest BCUT2D eigenvalue weighted by Gasteiger charge is -2.18. The molecule has 1 heterocycles. The van der Waals surface area contributed by atoms with Crippen molar-refractivity contribution in [2.45, 2.75) is 38.1 Å². The van der Waals surface area contributed by atoms with Crippen LogP contribution in [0.4, 0.5) is 5.69 Å². The summed E-state index contributed by atoms with van der Waals surface area (Å²) < 4.78 is 0. The van der Waals surface area contributed by atoms with Gasteiger partial charge in [-0.15, -0.1) is 11.3 Å². The molecule has 0 radical (unpaired) electrons. The molecule has 0 spiro atoms. The van der Waals surface area contributed by atoms with Gasteiger partial charge >= 0.3 is 0 Å². The number of carbonyl (C=O) groups is 3. The molecule has 0 aliphatic carbocycles. The fraction of sp³-hybridized carbons (Fsp3) is 0.316. The monoisotopic (exact) mass is 389 g/mol. The number of unbranched alkanes of at least 4 members (excludes halogenated alkanes) is 2. The van der Waals surface area contributed by atoms with E-state index in [4.69, 9.17) is 5.21 Å². The van der Waals surface area contributed by atoms with Crippen molar-refractivity contribution in [1.82, 2.24) is 10.8 Å². The second-order valence-corrected chi connectivity index (χ2v) is 6.94. The van der Waals surface area contributed by atoms with Crippen LogP contribution in [0, 0.1) is 0 Å². The van der Waals surface area contributed by atoms with Crippen molar-refractivity contribution >= 4 is 34.7 Å². The normalized spacial score (nSPS) is 11.4. The number of nitrogens with one attached hydrogen (secondary N) is 3. The topological polar surface area (TPSA) is 108 Å². The van der Waals surface area contributed by atoms with Gasteiger partial charge in [0.25, 0.3) is 5.91 Å². The molecule has 1 aromatic carbocycles. The van der Waals surface area contributed by atoms with Crippen molar-refractivity contribution in [3.05, 3.63) is 52.7 Å². The molecular formula is C19H23N3O4S. The minimum Gasteiger partial charge on any atom is -0.340 e. The molecule has 1 atom stereocenters. The highest BCUT2D eigenvalue weighted by Crippen LogP contribution is 2.13. The van der Waals surface area contributed by atoms with Crippen LogP contribution in [0.25, 0.3) is 0 Å². The van der Waals surface area contributed by atoms with E-state index in [0.717, 1.165) is 0 Å². The van der Waals surface area contributed by atoms with Crippen LogP contribution in [-0.4, -0.2) is 29.0 Å². The molecule has 0 saturated carbocycles. The lowest BCUT2D eigenvalue weighted by atomic mass is 10.1. The first-order chi connectivity index (χ1) is 13.1. The van der Waals surface area contributed by atoms with Gasteiger partial charge in [-0.05, 0) is 36.4 Å². The molecule has 0 unspecified atom stereocenters. The van der Waals surface area contributed by atoms with E-state index in [1.807, 2.05) is 18.2 Å². The number of thiophene rings is 1. The van der Waals surface area contributed by atoms with Crippen LogP contribution in [0.15, 0.2) is 47.8 Å². The lowest BCUT2D eigenvalue weighted by Crippen LogP contribution is -2.43. The third-order valence-corrected chi connectivity index (χ3v) is 4.80. The van der Waals surface area contributed by atoms with Gasteiger partial charge in [0.05, 0.1) is 4.88 Å². The zero-order valence-corrected chi connectivity index (χ0v) is 15.6. The lowest BCUT2D eigenvalue weighted by molar-refractivity contribution is -0.129. The molecule has 0 aliphatic heterocycles. The quantitative estimate of drug-likeness (QED) is 0.285. The number of benzene rings is 1. The number of hydroxylamine groups is 1. The summed E-state index contributed by atoms with van der Waals surface area (Å²) in [6, 6.07) is 11.9. The van der Waals surface area contributed by atoms with E-state index in [9.17, 15) is 14.4 Å². The predicted molar refractivity (Wildman–Crippen MR) is 104 cm³/mol. The highest BCUT2D eigenvalue weighted by atomic mass is 32.1. The minimum absolute atomic E-state index is 0.221. The summed E-state index contributed by atoms with van der Waals surface area (Å²) in [6.07, 6.45) is 2.64. The third-order valence-electron chi connectivity index (χ3n) is 3.93. The molecule has 0 bridgehead atoms. The standard InChI is InChI=1S/C19H23N3O4S/c23-17(22-26)12-6-2-5-10-15(21-19(25)16-11-7-13-27-16)18(24)20-14-8-3-1-4-9-14/h1,3-4,7-9,11,13,15,26H,2,5-6,10,12H2,(H,20,24)(H,21,25)(H,22,23)/t15-/m0/s1. The molecule has 0 saturated heterocycles. The first-order valence-corrected chi connectivity index (χ1v) is 9.61. The molecule has 1 aromatic heterocycles. The van der Waals surface area contributed by atoms with Crippen LogP contribution < -0.4 is 16.1 Å². The molecule has 4 N–H and O–H groups in total. The number of amides is 3. The van der Waals surface area contributed by atoms with Crippen molar-refractivity contribution in [2.75, 3.05) is 5.32 Å². The number of anilines is 1. The summed E-state index contributed by atoms with van der Waals surface area (Å²) in [5, 5.41) is 15.9. The maximum atomic E-state index is 12.6. The predicted octanol–water partition coefficient (Wildman–Crippen LogP) is 2.94. The van der Waals surface area contributed by atoms with Crippen molar-refractivity contribution < 1.29 is 19.6 Å². The van der Waals surface area contributed by atoms with Gasteiger partial charge in [0.2, 0.25) is 11.8 Å². The zero-order valence-electron chi connectivity index (χ0n) is 14.8. The van der Waals surface area contributed by atoms with Gasteiger partial charge in [0.1, 0.15) is 6.04 Å². The van der Waals surface area contributed by atoms with E-state index in [2.05, 4.69) is 10.6 Å². The van der Waals surface area contributed by atoms with Gasteiger partial charge in [0.15, 0.2) is 0 Å². The molecule has 3 amide bonds. The Morgan fingerprint density at radius 3 is 2.44 bits per heavy atom. The van der Waals surface area contributed by atoms with E-state index in [-0.39, 0.29) is 18.2 Å². The number of hydrogen-bond acceptors (Lipinski definition) is 5. The summed E-state index contributed by atoms with van der Waals surface area (Å²) in [5.74, 6) is -0.989. The zero-order chi connectivity index (χ0) is 19.5. The molecule has 7 nitrogen and oxygen atoms in total. The second-order valence-electron chi connectivity index (χ2n) is 5.99. The van der Waals surface area contributed by atoms with Gasteiger partial charge < -0.3 is 10.6 Å². The third kappa shape index (κ3) is 7.20. The van der Waals surface area contributed by atoms with Crippen molar-refractivity contribution in [3.63, 3.8) is 0 Å². The van der Waals surface area contributed by atoms with Gasteiger partial charge in [-0.25, -0.2) is 5.48 Å². The summed E-state index contributed by atoms with van der Waals surface area (Å²) in [5.41, 5.74) is 2.26. The number of hydrogen-bond donors (Lipinski definition) is 4. The van der Waals surface area contributed by atoms with Gasteiger partial charge in [0, 0.05) is 12.1 Å². The molecule has 2 aromatic rings. The highest BCUT2D eigenvalue weighted by molar-refractivity contribution is 7.12. The first kappa shape index (κ1) is 20.6. The van der Waals surface area contributed by atoms with Gasteiger partial charge in [-0.1, -0.05) is 37.1 Å². The average molecular weight is 389 g/mol. The van der Waals surface area contributed by atoms with E-state index < -0.39 is 11.9 Å². The molecular weight excluding hydrogens is 366 g/mol. The van der Waals surface area contributed by atoms with Crippen molar-refractivity contribution in [2.24, 2.45) is 0 Å². The number of carbonyl (C=O) groups excluding carboxylic acids is 3.